The van der Waals surface area contributed by atoms with Crippen LogP contribution in [0.2, 0.25) is 0 Å². The van der Waals surface area contributed by atoms with Gasteiger partial charge in [0.25, 0.3) is 0 Å². The van der Waals surface area contributed by atoms with Gasteiger partial charge in [0, 0.05) is 12.8 Å². The summed E-state index contributed by atoms with van der Waals surface area (Å²) < 4.78 is 16.9. The molecule has 0 radical (unpaired) electrons. The number of methoxy groups -OCH3 is 1. The highest BCUT2D eigenvalue weighted by Crippen LogP contribution is 2.29. The lowest BCUT2D eigenvalue weighted by Crippen LogP contribution is -2.43. The zero-order valence-corrected chi connectivity index (χ0v) is 11.6. The van der Waals surface area contributed by atoms with Crippen molar-refractivity contribution in [1.29, 1.82) is 0 Å². The number of benzene rings is 1. The summed E-state index contributed by atoms with van der Waals surface area (Å²) in [5.74, 6) is 0.873. The van der Waals surface area contributed by atoms with Crippen molar-refractivity contribution in [2.24, 2.45) is 0 Å². The second-order valence-electron chi connectivity index (χ2n) is 5.51. The summed E-state index contributed by atoms with van der Waals surface area (Å²) in [6, 6.07) is 8.04. The summed E-state index contributed by atoms with van der Waals surface area (Å²) in [5, 5.41) is 0. The van der Waals surface area contributed by atoms with Gasteiger partial charge in [-0.15, -0.1) is 0 Å². The van der Waals surface area contributed by atoms with E-state index in [0.717, 1.165) is 18.6 Å². The van der Waals surface area contributed by atoms with Crippen LogP contribution in [0, 0.1) is 0 Å². The highest BCUT2D eigenvalue weighted by molar-refractivity contribution is 5.27. The molecule has 0 unspecified atom stereocenters. The Bertz CT molecular complexity index is 383. The van der Waals surface area contributed by atoms with Crippen LogP contribution in [0.4, 0.5) is 0 Å². The molecule has 1 aliphatic heterocycles. The number of rotatable bonds is 3. The van der Waals surface area contributed by atoms with Crippen LogP contribution in [-0.4, -0.2) is 25.1 Å². The Morgan fingerprint density at radius 2 is 1.94 bits per heavy atom. The summed E-state index contributed by atoms with van der Waals surface area (Å²) in [6.45, 7) is 6.34. The minimum Gasteiger partial charge on any atom is -0.497 e. The van der Waals surface area contributed by atoms with Crippen LogP contribution in [-0.2, 0) is 15.9 Å². The Kier molecular flexibility index (Phi) is 3.93. The van der Waals surface area contributed by atoms with Gasteiger partial charge in [0.15, 0.2) is 6.29 Å². The molecule has 0 aliphatic carbocycles. The van der Waals surface area contributed by atoms with Crippen LogP contribution >= 0.6 is 0 Å². The van der Waals surface area contributed by atoms with Crippen molar-refractivity contribution in [3.63, 3.8) is 0 Å². The van der Waals surface area contributed by atoms with Crippen molar-refractivity contribution in [2.75, 3.05) is 7.11 Å². The Morgan fingerprint density at radius 1 is 1.28 bits per heavy atom. The summed E-state index contributed by atoms with van der Waals surface area (Å²) in [7, 11) is 1.67. The monoisotopic (exact) mass is 250 g/mol. The van der Waals surface area contributed by atoms with Gasteiger partial charge in [-0.05, 0) is 38.5 Å². The van der Waals surface area contributed by atoms with E-state index in [1.165, 1.54) is 5.56 Å². The normalized spacial score (nSPS) is 26.9. The lowest BCUT2D eigenvalue weighted by molar-refractivity contribution is -0.267. The lowest BCUT2D eigenvalue weighted by atomic mass is 9.99. The zero-order chi connectivity index (χ0) is 13.2. The SMILES string of the molecule is COc1ccc(C[C@H]2O[C@@H](C)CC(C)(C)O2)cc1. The van der Waals surface area contributed by atoms with Crippen molar-refractivity contribution in [2.45, 2.75) is 51.6 Å². The minimum atomic E-state index is -0.155. The van der Waals surface area contributed by atoms with E-state index >= 15 is 0 Å². The predicted molar refractivity (Wildman–Crippen MR) is 70.8 cm³/mol. The summed E-state index contributed by atoms with van der Waals surface area (Å²) in [4.78, 5) is 0. The van der Waals surface area contributed by atoms with E-state index in [4.69, 9.17) is 14.2 Å². The molecule has 0 aromatic heterocycles. The maximum Gasteiger partial charge on any atom is 0.162 e. The molecule has 0 saturated carbocycles. The highest BCUT2D eigenvalue weighted by Gasteiger charge is 2.33. The third-order valence-electron chi connectivity index (χ3n) is 3.18. The lowest BCUT2D eigenvalue weighted by Gasteiger charge is -2.39. The van der Waals surface area contributed by atoms with Crippen molar-refractivity contribution < 1.29 is 14.2 Å². The van der Waals surface area contributed by atoms with Crippen LogP contribution in [0.25, 0.3) is 0 Å². The molecule has 1 saturated heterocycles. The molecule has 2 atom stereocenters. The molecule has 1 heterocycles. The van der Waals surface area contributed by atoms with E-state index in [1.54, 1.807) is 7.11 Å². The summed E-state index contributed by atoms with van der Waals surface area (Å²) >= 11 is 0. The second kappa shape index (κ2) is 5.29. The van der Waals surface area contributed by atoms with Gasteiger partial charge in [0.1, 0.15) is 5.75 Å². The predicted octanol–water partition coefficient (Wildman–Crippen LogP) is 3.17. The molecule has 0 N–H and O–H groups in total. The Hall–Kier alpha value is -1.06. The zero-order valence-electron chi connectivity index (χ0n) is 11.6. The Morgan fingerprint density at radius 3 is 2.50 bits per heavy atom. The average molecular weight is 250 g/mol. The molecule has 1 aliphatic rings. The van der Waals surface area contributed by atoms with E-state index < -0.39 is 0 Å². The van der Waals surface area contributed by atoms with Crippen LogP contribution in [0.1, 0.15) is 32.8 Å². The number of hydrogen-bond acceptors (Lipinski definition) is 3. The van der Waals surface area contributed by atoms with Crippen molar-refractivity contribution in [3.05, 3.63) is 29.8 Å². The first kappa shape index (κ1) is 13.4. The van der Waals surface area contributed by atoms with E-state index in [2.05, 4.69) is 32.9 Å². The standard InChI is InChI=1S/C15H22O3/c1-11-10-15(2,3)18-14(17-11)9-12-5-7-13(16-4)8-6-12/h5-8,11,14H,9-10H2,1-4H3/t11-,14-/m0/s1. The van der Waals surface area contributed by atoms with Gasteiger partial charge in [-0.25, -0.2) is 0 Å². The van der Waals surface area contributed by atoms with Gasteiger partial charge in [-0.3, -0.25) is 0 Å². The van der Waals surface area contributed by atoms with Crippen LogP contribution < -0.4 is 4.74 Å². The van der Waals surface area contributed by atoms with E-state index in [9.17, 15) is 0 Å². The molecule has 3 nitrogen and oxygen atoms in total. The smallest absolute Gasteiger partial charge is 0.162 e. The molecule has 0 amide bonds. The van der Waals surface area contributed by atoms with Crippen molar-refractivity contribution in [3.8, 4) is 5.75 Å². The first-order valence-corrected chi connectivity index (χ1v) is 6.45. The molecular weight excluding hydrogens is 228 g/mol. The molecule has 100 valence electrons. The highest BCUT2D eigenvalue weighted by atomic mass is 16.7. The molecule has 1 aromatic carbocycles. The van der Waals surface area contributed by atoms with Crippen LogP contribution in [0.5, 0.6) is 5.75 Å². The van der Waals surface area contributed by atoms with Gasteiger partial charge in [-0.2, -0.15) is 0 Å². The van der Waals surface area contributed by atoms with Gasteiger partial charge in [0.2, 0.25) is 0 Å². The molecule has 0 spiro atoms. The average Bonchev–Trinajstić information content (AvgIpc) is 2.27. The van der Waals surface area contributed by atoms with Crippen LogP contribution in [0.15, 0.2) is 24.3 Å². The Labute approximate surface area is 109 Å². The molecule has 1 aromatic rings. The molecule has 0 bridgehead atoms. The number of ether oxygens (including phenoxy) is 3. The topological polar surface area (TPSA) is 27.7 Å². The Balaban J connectivity index is 1.99. The van der Waals surface area contributed by atoms with Crippen molar-refractivity contribution in [1.82, 2.24) is 0 Å². The van der Waals surface area contributed by atoms with Crippen molar-refractivity contribution >= 4 is 0 Å². The maximum atomic E-state index is 5.95. The first-order valence-electron chi connectivity index (χ1n) is 6.45. The molecule has 18 heavy (non-hydrogen) atoms. The van der Waals surface area contributed by atoms with Gasteiger partial charge in [0.05, 0.1) is 18.8 Å². The molecule has 2 rings (SSSR count). The fourth-order valence-electron chi connectivity index (χ4n) is 2.48. The molecular formula is C15H22O3. The third kappa shape index (κ3) is 3.47. The van der Waals surface area contributed by atoms with Gasteiger partial charge < -0.3 is 14.2 Å². The number of hydrogen-bond donors (Lipinski definition) is 0. The van der Waals surface area contributed by atoms with Crippen LogP contribution in [0.3, 0.4) is 0 Å². The second-order valence-corrected chi connectivity index (χ2v) is 5.51. The van der Waals surface area contributed by atoms with Gasteiger partial charge >= 0.3 is 0 Å². The summed E-state index contributed by atoms with van der Waals surface area (Å²) in [6.07, 6.45) is 1.80. The van der Waals surface area contributed by atoms with E-state index in [-0.39, 0.29) is 18.0 Å². The van der Waals surface area contributed by atoms with E-state index in [0.29, 0.717) is 0 Å². The first-order chi connectivity index (χ1) is 8.48. The molecule has 3 heteroatoms. The fourth-order valence-corrected chi connectivity index (χ4v) is 2.48. The summed E-state index contributed by atoms with van der Waals surface area (Å²) in [5.41, 5.74) is 1.10. The minimum absolute atomic E-state index is 0.102. The van der Waals surface area contributed by atoms with E-state index in [1.807, 2.05) is 12.1 Å². The van der Waals surface area contributed by atoms with Gasteiger partial charge in [-0.1, -0.05) is 12.1 Å². The maximum absolute atomic E-state index is 5.95. The largest absolute Gasteiger partial charge is 0.497 e. The third-order valence-corrected chi connectivity index (χ3v) is 3.18. The fraction of sp³-hybridized carbons (Fsp3) is 0.600. The quantitative estimate of drug-likeness (QED) is 0.824. The molecule has 1 fully saturated rings.